The summed E-state index contributed by atoms with van der Waals surface area (Å²) in [5.74, 6) is 0.0289. The molecule has 0 saturated heterocycles. The normalized spacial score (nSPS) is 18.7. The molecular weight excluding hydrogens is 215 g/mol. The van der Waals surface area contributed by atoms with Crippen LogP contribution < -0.4 is 4.74 Å². The molecule has 0 aliphatic heterocycles. The first kappa shape index (κ1) is 12.2. The summed E-state index contributed by atoms with van der Waals surface area (Å²) in [6.07, 6.45) is 5.49. The first-order valence-corrected chi connectivity index (χ1v) is 6.05. The third-order valence-electron chi connectivity index (χ3n) is 3.49. The van der Waals surface area contributed by atoms with Crippen LogP contribution >= 0.6 is 0 Å². The highest BCUT2D eigenvalue weighted by molar-refractivity contribution is 5.67. The Labute approximate surface area is 102 Å². The average molecular weight is 234 g/mol. The van der Waals surface area contributed by atoms with E-state index in [1.165, 1.54) is 12.7 Å². The molecule has 0 N–H and O–H groups in total. The number of halogens is 1. The highest BCUT2D eigenvalue weighted by Crippen LogP contribution is 2.38. The Hall–Kier alpha value is -1.31. The molecule has 0 saturated carbocycles. The van der Waals surface area contributed by atoms with Gasteiger partial charge in [-0.2, -0.15) is 0 Å². The van der Waals surface area contributed by atoms with Crippen molar-refractivity contribution in [2.75, 3.05) is 7.11 Å². The number of methoxy groups -OCH3 is 1. The number of hydrogen-bond acceptors (Lipinski definition) is 1. The monoisotopic (exact) mass is 234 g/mol. The Kier molecular flexibility index (Phi) is 3.23. The van der Waals surface area contributed by atoms with E-state index in [0.29, 0.717) is 11.2 Å². The molecule has 1 aromatic rings. The Morgan fingerprint density at radius 2 is 2.06 bits per heavy atom. The fourth-order valence-electron chi connectivity index (χ4n) is 2.20. The first-order valence-electron chi connectivity index (χ1n) is 6.05. The number of allylic oxidation sites excluding steroid dienone is 2. The molecule has 0 atom stereocenters. The Balaban J connectivity index is 2.24. The molecule has 0 bridgehead atoms. The van der Waals surface area contributed by atoms with Gasteiger partial charge >= 0.3 is 0 Å². The topological polar surface area (TPSA) is 9.23 Å². The van der Waals surface area contributed by atoms with E-state index in [1.54, 1.807) is 12.1 Å². The van der Waals surface area contributed by atoms with Crippen molar-refractivity contribution in [3.8, 4) is 5.75 Å². The molecule has 1 nitrogen and oxygen atoms in total. The lowest BCUT2D eigenvalue weighted by Gasteiger charge is -2.28. The van der Waals surface area contributed by atoms with Crippen LogP contribution in [0, 0.1) is 11.2 Å². The number of ether oxygens (including phenoxy) is 1. The van der Waals surface area contributed by atoms with Crippen molar-refractivity contribution in [1.29, 1.82) is 0 Å². The van der Waals surface area contributed by atoms with E-state index >= 15 is 0 Å². The van der Waals surface area contributed by atoms with E-state index in [4.69, 9.17) is 4.74 Å². The van der Waals surface area contributed by atoms with E-state index in [-0.39, 0.29) is 5.82 Å². The van der Waals surface area contributed by atoms with Crippen molar-refractivity contribution in [2.45, 2.75) is 33.1 Å². The van der Waals surface area contributed by atoms with Crippen LogP contribution in [0.5, 0.6) is 5.75 Å². The summed E-state index contributed by atoms with van der Waals surface area (Å²) < 4.78 is 18.5. The van der Waals surface area contributed by atoms with Crippen LogP contribution in [0.1, 0.15) is 38.7 Å². The lowest BCUT2D eigenvalue weighted by Crippen LogP contribution is -2.14. The zero-order valence-electron chi connectivity index (χ0n) is 10.7. The van der Waals surface area contributed by atoms with Gasteiger partial charge in [-0.1, -0.05) is 26.0 Å². The maximum Gasteiger partial charge on any atom is 0.165 e. The van der Waals surface area contributed by atoms with Crippen LogP contribution in [0.3, 0.4) is 0 Å². The summed E-state index contributed by atoms with van der Waals surface area (Å²) in [6.45, 7) is 4.55. The van der Waals surface area contributed by atoms with E-state index < -0.39 is 0 Å². The Morgan fingerprint density at radius 3 is 2.59 bits per heavy atom. The molecule has 0 fully saturated rings. The smallest absolute Gasteiger partial charge is 0.165 e. The summed E-state index contributed by atoms with van der Waals surface area (Å²) >= 11 is 0. The average Bonchev–Trinajstić information content (AvgIpc) is 2.29. The summed E-state index contributed by atoms with van der Waals surface area (Å²) in [5.41, 5.74) is 2.62. The maximum atomic E-state index is 13.6. The second kappa shape index (κ2) is 4.52. The lowest BCUT2D eigenvalue weighted by atomic mass is 9.77. The standard InChI is InChI=1S/C15H19FO/c1-15(2)8-6-11(7-9-15)12-4-5-14(17-3)13(16)10-12/h4-6,10H,7-9H2,1-3H3. The highest BCUT2D eigenvalue weighted by atomic mass is 19.1. The van der Waals surface area contributed by atoms with Crippen LogP contribution in [-0.4, -0.2) is 7.11 Å². The third kappa shape index (κ3) is 2.68. The molecule has 1 aliphatic rings. The predicted octanol–water partition coefficient (Wildman–Crippen LogP) is 4.43. The van der Waals surface area contributed by atoms with Crippen molar-refractivity contribution >= 4 is 5.57 Å². The molecule has 0 aromatic heterocycles. The minimum Gasteiger partial charge on any atom is -0.494 e. The summed E-state index contributed by atoms with van der Waals surface area (Å²) in [4.78, 5) is 0. The van der Waals surface area contributed by atoms with E-state index in [1.807, 2.05) is 6.07 Å². The van der Waals surface area contributed by atoms with Crippen LogP contribution in [0.15, 0.2) is 24.3 Å². The fraction of sp³-hybridized carbons (Fsp3) is 0.467. The van der Waals surface area contributed by atoms with Gasteiger partial charge in [0.15, 0.2) is 11.6 Å². The van der Waals surface area contributed by atoms with Gasteiger partial charge in [0.05, 0.1) is 7.11 Å². The van der Waals surface area contributed by atoms with Crippen molar-refractivity contribution in [2.24, 2.45) is 5.41 Å². The summed E-state index contributed by atoms with van der Waals surface area (Å²) in [6, 6.07) is 5.21. The molecule has 17 heavy (non-hydrogen) atoms. The first-order chi connectivity index (χ1) is 8.02. The molecule has 0 heterocycles. The molecule has 1 aliphatic carbocycles. The van der Waals surface area contributed by atoms with Crippen LogP contribution in [0.2, 0.25) is 0 Å². The molecular formula is C15H19FO. The van der Waals surface area contributed by atoms with Crippen molar-refractivity contribution in [1.82, 2.24) is 0 Å². The van der Waals surface area contributed by atoms with Crippen LogP contribution in [0.4, 0.5) is 4.39 Å². The number of benzene rings is 1. The number of rotatable bonds is 2. The summed E-state index contributed by atoms with van der Waals surface area (Å²) in [7, 11) is 1.49. The summed E-state index contributed by atoms with van der Waals surface area (Å²) in [5, 5.41) is 0. The van der Waals surface area contributed by atoms with Gasteiger partial charge in [-0.05, 0) is 47.9 Å². The minimum absolute atomic E-state index is 0.282. The highest BCUT2D eigenvalue weighted by Gasteiger charge is 2.22. The van der Waals surface area contributed by atoms with E-state index in [9.17, 15) is 4.39 Å². The Morgan fingerprint density at radius 1 is 1.29 bits per heavy atom. The quantitative estimate of drug-likeness (QED) is 0.735. The maximum absolute atomic E-state index is 13.6. The second-order valence-corrected chi connectivity index (χ2v) is 5.45. The van der Waals surface area contributed by atoms with Gasteiger partial charge in [0.25, 0.3) is 0 Å². The SMILES string of the molecule is COc1ccc(C2=CCC(C)(C)CC2)cc1F. The Bertz CT molecular complexity index is 446. The molecule has 1 aromatic carbocycles. The third-order valence-corrected chi connectivity index (χ3v) is 3.49. The van der Waals surface area contributed by atoms with Crippen LogP contribution in [-0.2, 0) is 0 Å². The van der Waals surface area contributed by atoms with Gasteiger partial charge in [-0.3, -0.25) is 0 Å². The lowest BCUT2D eigenvalue weighted by molar-refractivity contribution is 0.335. The largest absolute Gasteiger partial charge is 0.494 e. The molecule has 2 heteroatoms. The van der Waals surface area contributed by atoms with Gasteiger partial charge < -0.3 is 4.74 Å². The fourth-order valence-corrected chi connectivity index (χ4v) is 2.20. The number of hydrogen-bond donors (Lipinski definition) is 0. The zero-order valence-corrected chi connectivity index (χ0v) is 10.7. The van der Waals surface area contributed by atoms with Gasteiger partial charge in [0, 0.05) is 0 Å². The van der Waals surface area contributed by atoms with Crippen molar-refractivity contribution < 1.29 is 9.13 Å². The van der Waals surface area contributed by atoms with E-state index in [2.05, 4.69) is 19.9 Å². The predicted molar refractivity (Wildman–Crippen MR) is 68.6 cm³/mol. The molecule has 92 valence electrons. The van der Waals surface area contributed by atoms with Crippen molar-refractivity contribution in [3.63, 3.8) is 0 Å². The zero-order chi connectivity index (χ0) is 12.5. The van der Waals surface area contributed by atoms with E-state index in [0.717, 1.165) is 24.8 Å². The van der Waals surface area contributed by atoms with Crippen molar-refractivity contribution in [3.05, 3.63) is 35.7 Å². The minimum atomic E-state index is -0.282. The van der Waals surface area contributed by atoms with Crippen LogP contribution in [0.25, 0.3) is 5.57 Å². The van der Waals surface area contributed by atoms with Gasteiger partial charge in [0.1, 0.15) is 0 Å². The molecule has 0 unspecified atom stereocenters. The van der Waals surface area contributed by atoms with Gasteiger partial charge in [-0.25, -0.2) is 4.39 Å². The van der Waals surface area contributed by atoms with Gasteiger partial charge in [-0.15, -0.1) is 0 Å². The van der Waals surface area contributed by atoms with Gasteiger partial charge in [0.2, 0.25) is 0 Å². The second-order valence-electron chi connectivity index (χ2n) is 5.45. The molecule has 0 amide bonds. The molecule has 0 spiro atoms. The molecule has 0 radical (unpaired) electrons. The molecule has 2 rings (SSSR count).